The highest BCUT2D eigenvalue weighted by Gasteiger charge is 2.26. The number of aliphatic carboxylic acids is 1. The zero-order valence-electron chi connectivity index (χ0n) is 12.8. The second kappa shape index (κ2) is 7.29. The molecule has 0 heterocycles. The number of carboxylic acids is 1. The van der Waals surface area contributed by atoms with Gasteiger partial charge in [0.05, 0.1) is 0 Å². The number of carbonyl (C=O) groups is 2. The maximum atomic E-state index is 12.3. The van der Waals surface area contributed by atoms with E-state index in [0.29, 0.717) is 23.5 Å². The van der Waals surface area contributed by atoms with Gasteiger partial charge in [0.2, 0.25) is 0 Å². The zero-order chi connectivity index (χ0) is 16.1. The van der Waals surface area contributed by atoms with Crippen molar-refractivity contribution in [3.8, 4) is 5.75 Å². The predicted molar refractivity (Wildman–Crippen MR) is 82.9 cm³/mol. The Labute approximate surface area is 130 Å². The average Bonchev–Trinajstić information content (AvgIpc) is 2.50. The number of aryl methyl sites for hydroxylation is 1. The van der Waals surface area contributed by atoms with Crippen molar-refractivity contribution in [2.75, 3.05) is 0 Å². The molecule has 0 spiro atoms. The van der Waals surface area contributed by atoms with Gasteiger partial charge in [0.15, 0.2) is 0 Å². The summed E-state index contributed by atoms with van der Waals surface area (Å²) in [6.45, 7) is 1.76. The summed E-state index contributed by atoms with van der Waals surface area (Å²) in [5, 5.41) is 21.5. The van der Waals surface area contributed by atoms with Gasteiger partial charge in [-0.15, -0.1) is 0 Å². The number of carbonyl (C=O) groups excluding carboxylic acids is 1. The molecule has 1 aliphatic carbocycles. The summed E-state index contributed by atoms with van der Waals surface area (Å²) in [5.74, 6) is -1.09. The minimum absolute atomic E-state index is 0.00472. The van der Waals surface area contributed by atoms with E-state index in [1.165, 1.54) is 18.6 Å². The molecule has 0 bridgehead atoms. The molecule has 1 aromatic carbocycles. The third-order valence-corrected chi connectivity index (χ3v) is 4.36. The van der Waals surface area contributed by atoms with Crippen LogP contribution >= 0.6 is 0 Å². The lowest BCUT2D eigenvalue weighted by Crippen LogP contribution is -2.42. The van der Waals surface area contributed by atoms with Gasteiger partial charge in [-0.25, -0.2) is 4.79 Å². The first kappa shape index (κ1) is 16.3. The van der Waals surface area contributed by atoms with Crippen LogP contribution in [0.3, 0.4) is 0 Å². The molecule has 1 unspecified atom stereocenters. The molecule has 1 amide bonds. The molecule has 0 saturated heterocycles. The number of aromatic hydroxyl groups is 1. The first-order valence-corrected chi connectivity index (χ1v) is 7.80. The third kappa shape index (κ3) is 4.23. The van der Waals surface area contributed by atoms with E-state index in [4.69, 9.17) is 0 Å². The topological polar surface area (TPSA) is 86.6 Å². The summed E-state index contributed by atoms with van der Waals surface area (Å²) in [4.78, 5) is 23.7. The van der Waals surface area contributed by atoms with Crippen LogP contribution in [0.2, 0.25) is 0 Å². The summed E-state index contributed by atoms with van der Waals surface area (Å²) in [6, 6.07) is 3.63. The van der Waals surface area contributed by atoms with Gasteiger partial charge in [-0.05, 0) is 37.0 Å². The van der Waals surface area contributed by atoms with E-state index in [-0.39, 0.29) is 5.75 Å². The molecule has 0 aromatic heterocycles. The normalized spacial score (nSPS) is 17.0. The van der Waals surface area contributed by atoms with Crippen LogP contribution in [0, 0.1) is 12.8 Å². The van der Waals surface area contributed by atoms with Crippen molar-refractivity contribution in [1.82, 2.24) is 5.32 Å². The number of rotatable bonds is 5. The Kier molecular flexibility index (Phi) is 5.41. The molecule has 5 nitrogen and oxygen atoms in total. The third-order valence-electron chi connectivity index (χ3n) is 4.36. The minimum atomic E-state index is -1.00. The molecule has 1 atom stereocenters. The lowest BCUT2D eigenvalue weighted by molar-refractivity contribution is -0.139. The molecule has 22 heavy (non-hydrogen) atoms. The second-order valence-electron chi connectivity index (χ2n) is 6.10. The Hall–Kier alpha value is -2.04. The molecule has 3 N–H and O–H groups in total. The number of hydrogen-bond donors (Lipinski definition) is 3. The largest absolute Gasteiger partial charge is 0.508 e. The number of phenols is 1. The van der Waals surface area contributed by atoms with Crippen LogP contribution in [0.1, 0.15) is 54.4 Å². The maximum absolute atomic E-state index is 12.3. The molecule has 2 rings (SSSR count). The van der Waals surface area contributed by atoms with Gasteiger partial charge in [-0.3, -0.25) is 4.79 Å². The Morgan fingerprint density at radius 2 is 1.95 bits per heavy atom. The lowest BCUT2D eigenvalue weighted by Gasteiger charge is -2.25. The highest BCUT2D eigenvalue weighted by molar-refractivity contribution is 5.98. The summed E-state index contributed by atoms with van der Waals surface area (Å²) in [5.41, 5.74) is 1.02. The van der Waals surface area contributed by atoms with Crippen molar-refractivity contribution in [1.29, 1.82) is 0 Å². The van der Waals surface area contributed by atoms with E-state index in [0.717, 1.165) is 25.7 Å². The number of phenolic OH excluding ortho intramolecular Hbond substituents is 1. The van der Waals surface area contributed by atoms with Crippen LogP contribution in [0.15, 0.2) is 18.2 Å². The van der Waals surface area contributed by atoms with Gasteiger partial charge >= 0.3 is 5.97 Å². The number of amides is 1. The number of carboxylic acid groups (broad SMARTS) is 1. The van der Waals surface area contributed by atoms with E-state index < -0.39 is 17.9 Å². The maximum Gasteiger partial charge on any atom is 0.326 e. The van der Waals surface area contributed by atoms with Gasteiger partial charge < -0.3 is 15.5 Å². The molecule has 0 aliphatic heterocycles. The van der Waals surface area contributed by atoms with E-state index in [1.54, 1.807) is 13.0 Å². The van der Waals surface area contributed by atoms with Gasteiger partial charge in [0.25, 0.3) is 5.91 Å². The van der Waals surface area contributed by atoms with Crippen molar-refractivity contribution in [2.45, 2.75) is 51.5 Å². The average molecular weight is 305 g/mol. The van der Waals surface area contributed by atoms with Crippen molar-refractivity contribution < 1.29 is 19.8 Å². The smallest absolute Gasteiger partial charge is 0.326 e. The zero-order valence-corrected chi connectivity index (χ0v) is 12.8. The van der Waals surface area contributed by atoms with E-state index in [2.05, 4.69) is 5.32 Å². The molecule has 0 radical (unpaired) electrons. The first-order chi connectivity index (χ1) is 10.5. The fraction of sp³-hybridized carbons (Fsp3) is 0.529. The standard InChI is InChI=1S/C17H23NO4/c1-11-7-8-13(19)10-14(11)16(20)18-15(17(21)22)9-12-5-3-2-4-6-12/h7-8,10,12,15,19H,2-6,9H2,1H3,(H,18,20)(H,21,22). The Morgan fingerprint density at radius 1 is 1.27 bits per heavy atom. The quantitative estimate of drug-likeness (QED) is 0.780. The fourth-order valence-electron chi connectivity index (χ4n) is 3.07. The number of hydrogen-bond acceptors (Lipinski definition) is 3. The predicted octanol–water partition coefficient (Wildman–Crippen LogP) is 2.85. The summed E-state index contributed by atoms with van der Waals surface area (Å²) in [6.07, 6.45) is 6.02. The lowest BCUT2D eigenvalue weighted by atomic mass is 9.84. The highest BCUT2D eigenvalue weighted by Crippen LogP contribution is 2.27. The van der Waals surface area contributed by atoms with Gasteiger partial charge in [0, 0.05) is 5.56 Å². The van der Waals surface area contributed by atoms with E-state index in [9.17, 15) is 19.8 Å². The fourth-order valence-corrected chi connectivity index (χ4v) is 3.07. The molecule has 120 valence electrons. The second-order valence-corrected chi connectivity index (χ2v) is 6.10. The van der Waals surface area contributed by atoms with Crippen molar-refractivity contribution in [3.05, 3.63) is 29.3 Å². The molecule has 1 fully saturated rings. The monoisotopic (exact) mass is 305 g/mol. The Balaban J connectivity index is 2.05. The first-order valence-electron chi connectivity index (χ1n) is 7.80. The van der Waals surface area contributed by atoms with Crippen LogP contribution in [-0.2, 0) is 4.79 Å². The van der Waals surface area contributed by atoms with E-state index >= 15 is 0 Å². The number of benzene rings is 1. The molecule has 1 aliphatic rings. The van der Waals surface area contributed by atoms with Crippen molar-refractivity contribution in [2.24, 2.45) is 5.92 Å². The van der Waals surface area contributed by atoms with Gasteiger partial charge in [0.1, 0.15) is 11.8 Å². The van der Waals surface area contributed by atoms with Crippen LogP contribution in [0.5, 0.6) is 5.75 Å². The summed E-state index contributed by atoms with van der Waals surface area (Å²) >= 11 is 0. The molecule has 5 heteroatoms. The van der Waals surface area contributed by atoms with Gasteiger partial charge in [-0.1, -0.05) is 38.2 Å². The Bertz CT molecular complexity index is 550. The highest BCUT2D eigenvalue weighted by atomic mass is 16.4. The molecular formula is C17H23NO4. The Morgan fingerprint density at radius 3 is 2.59 bits per heavy atom. The van der Waals surface area contributed by atoms with Gasteiger partial charge in [-0.2, -0.15) is 0 Å². The molecule has 1 saturated carbocycles. The van der Waals surface area contributed by atoms with Crippen LogP contribution in [-0.4, -0.2) is 28.1 Å². The summed E-state index contributed by atoms with van der Waals surface area (Å²) < 4.78 is 0. The van der Waals surface area contributed by atoms with Crippen LogP contribution < -0.4 is 5.32 Å². The molecule has 1 aromatic rings. The molecular weight excluding hydrogens is 282 g/mol. The minimum Gasteiger partial charge on any atom is -0.508 e. The van der Waals surface area contributed by atoms with Crippen LogP contribution in [0.25, 0.3) is 0 Å². The number of nitrogens with one attached hydrogen (secondary N) is 1. The van der Waals surface area contributed by atoms with Crippen molar-refractivity contribution in [3.63, 3.8) is 0 Å². The summed E-state index contributed by atoms with van der Waals surface area (Å²) in [7, 11) is 0. The van der Waals surface area contributed by atoms with Crippen LogP contribution in [0.4, 0.5) is 0 Å². The SMILES string of the molecule is Cc1ccc(O)cc1C(=O)NC(CC1CCCCC1)C(=O)O. The van der Waals surface area contributed by atoms with E-state index in [1.807, 2.05) is 0 Å². The van der Waals surface area contributed by atoms with Crippen molar-refractivity contribution >= 4 is 11.9 Å².